The lowest BCUT2D eigenvalue weighted by Crippen LogP contribution is -2.12. The minimum atomic E-state index is -4.58. The van der Waals surface area contributed by atoms with Crippen molar-refractivity contribution in [3.63, 3.8) is 0 Å². The lowest BCUT2D eigenvalue weighted by atomic mass is 10.2. The molecular weight excluding hydrogens is 458 g/mol. The Labute approximate surface area is 161 Å². The Morgan fingerprint density at radius 1 is 1.00 bits per heavy atom. The Kier molecular flexibility index (Phi) is 5.60. The highest BCUT2D eigenvalue weighted by atomic mass is 127. The maximum Gasteiger partial charge on any atom is 0.421 e. The third-order valence-corrected chi connectivity index (χ3v) is 4.11. The zero-order chi connectivity index (χ0) is 18.6. The van der Waals surface area contributed by atoms with Crippen LogP contribution in [0.3, 0.4) is 0 Å². The van der Waals surface area contributed by atoms with Gasteiger partial charge in [0.25, 0.3) is 0 Å². The lowest BCUT2D eigenvalue weighted by Gasteiger charge is -2.14. The summed E-state index contributed by atoms with van der Waals surface area (Å²) in [6.45, 7) is 0.162. The van der Waals surface area contributed by atoms with Gasteiger partial charge in [0.05, 0.1) is 0 Å². The average Bonchev–Trinajstić information content (AvgIpc) is 2.62. The highest BCUT2D eigenvalue weighted by molar-refractivity contribution is 14.1. The molecule has 0 atom stereocenters. The van der Waals surface area contributed by atoms with E-state index in [9.17, 15) is 13.2 Å². The number of alkyl halides is 3. The van der Waals surface area contributed by atoms with Crippen LogP contribution in [-0.4, -0.2) is 9.97 Å². The second-order valence-electron chi connectivity index (χ2n) is 5.32. The highest BCUT2D eigenvalue weighted by Gasteiger charge is 2.35. The molecule has 1 aromatic heterocycles. The quantitative estimate of drug-likeness (QED) is 0.505. The summed E-state index contributed by atoms with van der Waals surface area (Å²) in [7, 11) is 0. The van der Waals surface area contributed by atoms with E-state index < -0.39 is 11.7 Å². The van der Waals surface area contributed by atoms with Crippen molar-refractivity contribution in [3.8, 4) is 6.01 Å². The van der Waals surface area contributed by atoms with Crippen molar-refractivity contribution in [2.75, 3.05) is 5.32 Å². The topological polar surface area (TPSA) is 47.0 Å². The van der Waals surface area contributed by atoms with E-state index in [1.807, 2.05) is 30.3 Å². The first-order valence-corrected chi connectivity index (χ1v) is 8.63. The number of benzene rings is 2. The van der Waals surface area contributed by atoms with Crippen LogP contribution in [0.2, 0.25) is 0 Å². The van der Waals surface area contributed by atoms with Gasteiger partial charge < -0.3 is 10.1 Å². The molecule has 0 aliphatic rings. The van der Waals surface area contributed by atoms with Crippen molar-refractivity contribution in [2.24, 2.45) is 0 Å². The van der Waals surface area contributed by atoms with Gasteiger partial charge in [-0.3, -0.25) is 0 Å². The van der Waals surface area contributed by atoms with Crippen molar-refractivity contribution >= 4 is 34.1 Å². The van der Waals surface area contributed by atoms with Crippen molar-refractivity contribution in [3.05, 3.63) is 75.5 Å². The molecule has 0 saturated carbocycles. The monoisotopic (exact) mass is 471 g/mol. The fraction of sp³-hybridized carbons (Fsp3) is 0.111. The first-order chi connectivity index (χ1) is 12.4. The maximum atomic E-state index is 13.2. The van der Waals surface area contributed by atoms with Gasteiger partial charge in [-0.05, 0) is 52.4 Å². The normalized spacial score (nSPS) is 11.2. The molecule has 8 heteroatoms. The predicted octanol–water partition coefficient (Wildman–Crippen LogP) is 5.42. The van der Waals surface area contributed by atoms with Crippen LogP contribution in [-0.2, 0) is 12.8 Å². The Bertz CT molecular complexity index is 871. The SMILES string of the molecule is FC(F)(F)c1cnc(OCc2ccccc2)nc1Nc1ccc(I)cc1. The zero-order valence-corrected chi connectivity index (χ0v) is 15.5. The van der Waals surface area contributed by atoms with Crippen molar-refractivity contribution in [1.82, 2.24) is 9.97 Å². The van der Waals surface area contributed by atoms with E-state index in [4.69, 9.17) is 4.74 Å². The Balaban J connectivity index is 1.85. The van der Waals surface area contributed by atoms with Gasteiger partial charge in [-0.1, -0.05) is 30.3 Å². The third-order valence-electron chi connectivity index (χ3n) is 3.39. The number of nitrogens with zero attached hydrogens (tertiary/aromatic N) is 2. The molecule has 1 heterocycles. The Hall–Kier alpha value is -2.36. The molecule has 0 bridgehead atoms. The molecular formula is C18H13F3IN3O. The number of anilines is 2. The summed E-state index contributed by atoms with van der Waals surface area (Å²) in [4.78, 5) is 7.59. The van der Waals surface area contributed by atoms with Crippen molar-refractivity contribution < 1.29 is 17.9 Å². The fourth-order valence-electron chi connectivity index (χ4n) is 2.13. The highest BCUT2D eigenvalue weighted by Crippen LogP contribution is 2.35. The Morgan fingerprint density at radius 2 is 1.69 bits per heavy atom. The van der Waals surface area contributed by atoms with E-state index in [1.165, 1.54) is 0 Å². The van der Waals surface area contributed by atoms with E-state index in [2.05, 4.69) is 37.9 Å². The second kappa shape index (κ2) is 7.90. The molecule has 0 amide bonds. The van der Waals surface area contributed by atoms with Crippen LogP contribution in [0.4, 0.5) is 24.7 Å². The first kappa shape index (κ1) is 18.4. The summed E-state index contributed by atoms with van der Waals surface area (Å²) in [5.41, 5.74) is 0.398. The van der Waals surface area contributed by atoms with Gasteiger partial charge in [0.2, 0.25) is 0 Å². The zero-order valence-electron chi connectivity index (χ0n) is 13.3. The number of rotatable bonds is 5. The number of hydrogen-bond acceptors (Lipinski definition) is 4. The summed E-state index contributed by atoms with van der Waals surface area (Å²) < 4.78 is 46.1. The number of nitrogens with one attached hydrogen (secondary N) is 1. The molecule has 3 aromatic rings. The summed E-state index contributed by atoms with van der Waals surface area (Å²) in [5, 5.41) is 2.69. The molecule has 0 aliphatic carbocycles. The molecule has 134 valence electrons. The molecule has 0 unspecified atom stereocenters. The minimum Gasteiger partial charge on any atom is -0.459 e. The molecule has 2 aromatic carbocycles. The van der Waals surface area contributed by atoms with Crippen LogP contribution < -0.4 is 10.1 Å². The van der Waals surface area contributed by atoms with E-state index in [1.54, 1.807) is 24.3 Å². The lowest BCUT2D eigenvalue weighted by molar-refractivity contribution is -0.137. The minimum absolute atomic E-state index is 0.130. The van der Waals surface area contributed by atoms with Crippen molar-refractivity contribution in [2.45, 2.75) is 12.8 Å². The predicted molar refractivity (Wildman–Crippen MR) is 100 cm³/mol. The molecule has 4 nitrogen and oxygen atoms in total. The van der Waals surface area contributed by atoms with E-state index in [-0.39, 0.29) is 18.4 Å². The fourth-order valence-corrected chi connectivity index (χ4v) is 2.49. The Morgan fingerprint density at radius 3 is 2.35 bits per heavy atom. The maximum absolute atomic E-state index is 13.2. The molecule has 26 heavy (non-hydrogen) atoms. The second-order valence-corrected chi connectivity index (χ2v) is 6.56. The summed E-state index contributed by atoms with van der Waals surface area (Å²) in [6, 6.07) is 16.0. The number of aromatic nitrogens is 2. The number of hydrogen-bond donors (Lipinski definition) is 1. The van der Waals surface area contributed by atoms with Crippen LogP contribution >= 0.6 is 22.6 Å². The smallest absolute Gasteiger partial charge is 0.421 e. The van der Waals surface area contributed by atoms with Gasteiger partial charge in [-0.15, -0.1) is 0 Å². The van der Waals surface area contributed by atoms with Gasteiger partial charge in [-0.25, -0.2) is 4.98 Å². The number of halogens is 4. The molecule has 0 aliphatic heterocycles. The summed E-state index contributed by atoms with van der Waals surface area (Å²) >= 11 is 2.12. The van der Waals surface area contributed by atoms with Crippen LogP contribution in [0.1, 0.15) is 11.1 Å². The van der Waals surface area contributed by atoms with Crippen LogP contribution in [0.15, 0.2) is 60.8 Å². The van der Waals surface area contributed by atoms with Gasteiger partial charge in [0, 0.05) is 15.5 Å². The van der Waals surface area contributed by atoms with E-state index >= 15 is 0 Å². The van der Waals surface area contributed by atoms with Gasteiger partial charge >= 0.3 is 12.2 Å². The largest absolute Gasteiger partial charge is 0.459 e. The molecule has 0 spiro atoms. The number of ether oxygens (including phenoxy) is 1. The van der Waals surface area contributed by atoms with Crippen LogP contribution in [0, 0.1) is 3.57 Å². The molecule has 1 N–H and O–H groups in total. The summed E-state index contributed by atoms with van der Waals surface area (Å²) in [6.07, 6.45) is -3.86. The van der Waals surface area contributed by atoms with Crippen LogP contribution in [0.25, 0.3) is 0 Å². The standard InChI is InChI=1S/C18H13F3IN3O/c19-18(20,21)15-10-23-17(26-11-12-4-2-1-3-5-12)25-16(15)24-14-8-6-13(22)7-9-14/h1-10H,11H2,(H,23,24,25). The van der Waals surface area contributed by atoms with E-state index in [0.717, 1.165) is 15.3 Å². The molecule has 0 saturated heterocycles. The van der Waals surface area contributed by atoms with Crippen LogP contribution in [0.5, 0.6) is 6.01 Å². The average molecular weight is 471 g/mol. The molecule has 3 rings (SSSR count). The summed E-state index contributed by atoms with van der Waals surface area (Å²) in [5.74, 6) is -0.350. The van der Waals surface area contributed by atoms with Gasteiger partial charge in [0.1, 0.15) is 18.0 Å². The van der Waals surface area contributed by atoms with Gasteiger partial charge in [-0.2, -0.15) is 18.2 Å². The van der Waals surface area contributed by atoms with Crippen molar-refractivity contribution in [1.29, 1.82) is 0 Å². The molecule has 0 radical (unpaired) electrons. The first-order valence-electron chi connectivity index (χ1n) is 7.55. The van der Waals surface area contributed by atoms with E-state index in [0.29, 0.717) is 5.69 Å². The molecule has 0 fully saturated rings. The van der Waals surface area contributed by atoms with Gasteiger partial charge in [0.15, 0.2) is 0 Å². The third kappa shape index (κ3) is 4.84.